The Morgan fingerprint density at radius 2 is 2.00 bits per heavy atom. The number of carbonyl (C=O) groups is 2. The Hall–Kier alpha value is -4.07. The molecule has 8 heteroatoms. The molecule has 3 heterocycles. The van der Waals surface area contributed by atoms with E-state index in [1.807, 2.05) is 30.4 Å². The number of rotatable bonds is 5. The van der Waals surface area contributed by atoms with Crippen LogP contribution < -0.4 is 10.7 Å². The topological polar surface area (TPSA) is 88.9 Å². The highest BCUT2D eigenvalue weighted by molar-refractivity contribution is 6.01. The van der Waals surface area contributed by atoms with Crippen LogP contribution in [0, 0.1) is 23.1 Å². The number of benzene rings is 1. The van der Waals surface area contributed by atoms with Crippen LogP contribution in [0.5, 0.6) is 0 Å². The van der Waals surface area contributed by atoms with Crippen LogP contribution in [0.2, 0.25) is 0 Å². The van der Waals surface area contributed by atoms with Gasteiger partial charge in [-0.1, -0.05) is 45.0 Å². The van der Waals surface area contributed by atoms with E-state index in [2.05, 4.69) is 41.6 Å². The number of carbonyl (C=O) groups excluding carboxylic acids is 2. The van der Waals surface area contributed by atoms with E-state index >= 15 is 0 Å². The van der Waals surface area contributed by atoms with Gasteiger partial charge in [0, 0.05) is 46.9 Å². The SMILES string of the molecule is CC1CC1C(=O)Nn1ncc2c1NC1=C(C(=O)CC(C)(C)C1)C2/C=C/c1ccc(-c2cccc(F)c2)cn1. The van der Waals surface area contributed by atoms with Crippen LogP contribution in [0.25, 0.3) is 17.2 Å². The maximum absolute atomic E-state index is 13.6. The zero-order chi connectivity index (χ0) is 26.6. The van der Waals surface area contributed by atoms with E-state index in [-0.39, 0.29) is 34.8 Å². The second kappa shape index (κ2) is 9.04. The van der Waals surface area contributed by atoms with E-state index in [0.29, 0.717) is 18.2 Å². The predicted octanol–water partition coefficient (Wildman–Crippen LogP) is 5.68. The first-order valence-corrected chi connectivity index (χ1v) is 13.0. The smallest absolute Gasteiger partial charge is 0.243 e. The number of fused-ring (bicyclic) bond motifs is 1. The Kier molecular flexibility index (Phi) is 5.78. The van der Waals surface area contributed by atoms with Crippen LogP contribution >= 0.6 is 0 Å². The van der Waals surface area contributed by atoms with E-state index in [4.69, 9.17) is 0 Å². The van der Waals surface area contributed by atoms with Crippen molar-refractivity contribution in [3.8, 4) is 11.1 Å². The molecule has 2 aromatic heterocycles. The number of hydrogen-bond donors (Lipinski definition) is 2. The molecular formula is C30H30FN5O2. The zero-order valence-corrected chi connectivity index (χ0v) is 21.7. The van der Waals surface area contributed by atoms with E-state index < -0.39 is 0 Å². The summed E-state index contributed by atoms with van der Waals surface area (Å²) in [5.41, 5.74) is 7.50. The first kappa shape index (κ1) is 24.3. The molecule has 38 heavy (non-hydrogen) atoms. The lowest BCUT2D eigenvalue weighted by Crippen LogP contribution is -2.34. The van der Waals surface area contributed by atoms with Gasteiger partial charge in [-0.2, -0.15) is 9.89 Å². The summed E-state index contributed by atoms with van der Waals surface area (Å²) in [6.07, 6.45) is 9.38. The number of ketones is 1. The van der Waals surface area contributed by atoms with Crippen molar-refractivity contribution in [3.63, 3.8) is 0 Å². The first-order chi connectivity index (χ1) is 18.2. The minimum absolute atomic E-state index is 0.0144. The van der Waals surface area contributed by atoms with Crippen molar-refractivity contribution in [2.24, 2.45) is 17.3 Å². The molecule has 6 rings (SSSR count). The summed E-state index contributed by atoms with van der Waals surface area (Å²) >= 11 is 0. The van der Waals surface area contributed by atoms with Crippen molar-refractivity contribution in [2.75, 3.05) is 10.7 Å². The van der Waals surface area contributed by atoms with Gasteiger partial charge in [0.1, 0.15) is 5.82 Å². The van der Waals surface area contributed by atoms with Crippen molar-refractivity contribution in [3.05, 3.63) is 83.2 Å². The number of amides is 1. The molecule has 3 atom stereocenters. The lowest BCUT2D eigenvalue weighted by molar-refractivity contribution is -0.119. The Balaban J connectivity index is 1.32. The van der Waals surface area contributed by atoms with Crippen molar-refractivity contribution in [1.82, 2.24) is 14.9 Å². The Labute approximate surface area is 220 Å². The highest BCUT2D eigenvalue weighted by atomic mass is 19.1. The van der Waals surface area contributed by atoms with Crippen LogP contribution in [0.15, 0.2) is 66.1 Å². The zero-order valence-electron chi connectivity index (χ0n) is 21.7. The summed E-state index contributed by atoms with van der Waals surface area (Å²) in [6.45, 7) is 6.25. The van der Waals surface area contributed by atoms with Crippen molar-refractivity contribution in [1.29, 1.82) is 0 Å². The second-order valence-electron chi connectivity index (χ2n) is 11.4. The number of anilines is 1. The number of allylic oxidation sites excluding steroid dienone is 3. The van der Waals surface area contributed by atoms with Crippen LogP contribution in [-0.2, 0) is 9.59 Å². The molecule has 1 fully saturated rings. The molecule has 194 valence electrons. The molecule has 3 unspecified atom stereocenters. The number of Topliss-reactive ketones (excluding diaryl/α,β-unsaturated/α-hetero) is 1. The maximum Gasteiger partial charge on any atom is 0.243 e. The van der Waals surface area contributed by atoms with Gasteiger partial charge in [0.15, 0.2) is 11.6 Å². The number of hydrogen-bond acceptors (Lipinski definition) is 5. The van der Waals surface area contributed by atoms with Gasteiger partial charge in [-0.3, -0.25) is 14.6 Å². The third-order valence-corrected chi connectivity index (χ3v) is 7.70. The van der Waals surface area contributed by atoms with Crippen molar-refractivity contribution >= 4 is 23.6 Å². The molecule has 0 spiro atoms. The molecule has 7 nitrogen and oxygen atoms in total. The molecule has 2 aliphatic carbocycles. The summed E-state index contributed by atoms with van der Waals surface area (Å²) in [5, 5.41) is 7.89. The molecule has 1 aliphatic heterocycles. The third kappa shape index (κ3) is 4.55. The summed E-state index contributed by atoms with van der Waals surface area (Å²) in [6, 6.07) is 10.2. The second-order valence-corrected chi connectivity index (χ2v) is 11.4. The fourth-order valence-corrected chi connectivity index (χ4v) is 5.52. The van der Waals surface area contributed by atoms with E-state index in [1.165, 1.54) is 16.9 Å². The molecule has 2 N–H and O–H groups in total. The van der Waals surface area contributed by atoms with Crippen LogP contribution in [-0.4, -0.2) is 26.6 Å². The highest BCUT2D eigenvalue weighted by Crippen LogP contribution is 2.47. The molecule has 1 aromatic carbocycles. The van der Waals surface area contributed by atoms with Gasteiger partial charge in [-0.25, -0.2) is 9.82 Å². The molecule has 0 radical (unpaired) electrons. The van der Waals surface area contributed by atoms with Crippen LogP contribution in [0.3, 0.4) is 0 Å². The molecule has 3 aromatic rings. The van der Waals surface area contributed by atoms with Gasteiger partial charge >= 0.3 is 0 Å². The number of nitrogens with zero attached hydrogens (tertiary/aromatic N) is 3. The van der Waals surface area contributed by atoms with Crippen molar-refractivity contribution in [2.45, 2.75) is 46.0 Å². The third-order valence-electron chi connectivity index (χ3n) is 7.70. The molecule has 1 saturated carbocycles. The maximum atomic E-state index is 13.6. The largest absolute Gasteiger partial charge is 0.342 e. The number of nitrogens with one attached hydrogen (secondary N) is 2. The molecule has 3 aliphatic rings. The number of aromatic nitrogens is 3. The Morgan fingerprint density at radius 1 is 1.18 bits per heavy atom. The summed E-state index contributed by atoms with van der Waals surface area (Å²) in [5.74, 6) is 0.541. The highest BCUT2D eigenvalue weighted by Gasteiger charge is 2.42. The quantitative estimate of drug-likeness (QED) is 0.460. The summed E-state index contributed by atoms with van der Waals surface area (Å²) < 4.78 is 13.6. The number of pyridine rings is 1. The lowest BCUT2D eigenvalue weighted by Gasteiger charge is -2.37. The fraction of sp³-hybridized carbons (Fsp3) is 0.333. The summed E-state index contributed by atoms with van der Waals surface area (Å²) in [7, 11) is 0. The van der Waals surface area contributed by atoms with Gasteiger partial charge in [0.05, 0.1) is 11.9 Å². The van der Waals surface area contributed by atoms with E-state index in [9.17, 15) is 14.0 Å². The molecule has 0 saturated heterocycles. The van der Waals surface area contributed by atoms with Crippen LogP contribution in [0.1, 0.15) is 57.2 Å². The molecular weight excluding hydrogens is 481 g/mol. The standard InChI is InChI=1S/C30H30FN5O2/c1-17-11-23(17)29(38)35-36-28-24(16-33-36)22(27-25(34-28)13-30(2,3)14-26(27)37)10-9-21-8-7-19(15-32-21)18-5-4-6-20(31)12-18/h4-10,12,15-17,22-23,34H,11,13-14H2,1-3H3,(H,35,38)/b10-9+. The van der Waals surface area contributed by atoms with Gasteiger partial charge in [0.2, 0.25) is 5.91 Å². The minimum atomic E-state index is -0.319. The monoisotopic (exact) mass is 511 g/mol. The average Bonchev–Trinajstić information content (AvgIpc) is 3.48. The van der Waals surface area contributed by atoms with Crippen LogP contribution in [0.4, 0.5) is 10.2 Å². The fourth-order valence-electron chi connectivity index (χ4n) is 5.52. The Bertz CT molecular complexity index is 1500. The van der Waals surface area contributed by atoms with Gasteiger partial charge in [0.25, 0.3) is 0 Å². The average molecular weight is 512 g/mol. The van der Waals surface area contributed by atoms with E-state index in [0.717, 1.165) is 46.5 Å². The number of halogens is 1. The van der Waals surface area contributed by atoms with Crippen molar-refractivity contribution < 1.29 is 14.0 Å². The summed E-state index contributed by atoms with van der Waals surface area (Å²) in [4.78, 5) is 32.0. The first-order valence-electron chi connectivity index (χ1n) is 13.0. The molecule has 0 bridgehead atoms. The van der Waals surface area contributed by atoms with Gasteiger partial charge < -0.3 is 5.32 Å². The van der Waals surface area contributed by atoms with Gasteiger partial charge in [-0.05, 0) is 54.0 Å². The van der Waals surface area contributed by atoms with Gasteiger partial charge in [-0.15, -0.1) is 0 Å². The van der Waals surface area contributed by atoms with E-state index in [1.54, 1.807) is 18.5 Å². The molecule has 1 amide bonds. The minimum Gasteiger partial charge on any atom is -0.342 e. The lowest BCUT2D eigenvalue weighted by atomic mass is 9.71. The predicted molar refractivity (Wildman–Crippen MR) is 144 cm³/mol. The normalized spacial score (nSPS) is 23.6. The Morgan fingerprint density at radius 3 is 2.71 bits per heavy atom.